The first kappa shape index (κ1) is 13.5. The van der Waals surface area contributed by atoms with Crippen LogP contribution in [0.25, 0.3) is 0 Å². The molecule has 6 heteroatoms. The molecule has 3 nitrogen and oxygen atoms in total. The second-order valence-corrected chi connectivity index (χ2v) is 5.25. The first-order valence-electron chi connectivity index (χ1n) is 6.62. The normalized spacial score (nSPS) is 23.2. The summed E-state index contributed by atoms with van der Waals surface area (Å²) in [6.07, 6.45) is 2.66. The fourth-order valence-electron chi connectivity index (χ4n) is 2.45. The first-order valence-corrected chi connectivity index (χ1v) is 6.62. The second kappa shape index (κ2) is 5.36. The Bertz CT molecular complexity index is 304. The van der Waals surface area contributed by atoms with Gasteiger partial charge in [-0.25, -0.2) is 4.99 Å². The van der Waals surface area contributed by atoms with Crippen molar-refractivity contribution in [1.29, 1.82) is 0 Å². The topological polar surface area (TPSA) is 41.6 Å². The van der Waals surface area contributed by atoms with Crippen LogP contribution in [-0.2, 0) is 0 Å². The van der Waals surface area contributed by atoms with Crippen LogP contribution in [0, 0.1) is 0 Å². The molecule has 2 fully saturated rings. The van der Waals surface area contributed by atoms with E-state index in [2.05, 4.69) is 4.99 Å². The van der Waals surface area contributed by atoms with Crippen LogP contribution >= 0.6 is 0 Å². The minimum absolute atomic E-state index is 0.0565. The Morgan fingerprint density at radius 2 is 1.72 bits per heavy atom. The molecule has 0 radical (unpaired) electrons. The molecule has 0 aromatic rings. The zero-order valence-corrected chi connectivity index (χ0v) is 10.4. The summed E-state index contributed by atoms with van der Waals surface area (Å²) in [4.78, 5) is 5.53. The second-order valence-electron chi connectivity index (χ2n) is 5.25. The zero-order chi connectivity index (χ0) is 13.2. The molecule has 0 aliphatic heterocycles. The molecule has 18 heavy (non-hydrogen) atoms. The number of nitrogens with two attached hydrogens (primary N) is 1. The van der Waals surface area contributed by atoms with Crippen molar-refractivity contribution in [2.24, 2.45) is 10.7 Å². The Morgan fingerprint density at radius 3 is 2.22 bits per heavy atom. The molecule has 2 saturated carbocycles. The molecule has 104 valence electrons. The Hall–Kier alpha value is -0.940. The molecule has 0 bridgehead atoms. The van der Waals surface area contributed by atoms with Gasteiger partial charge in [-0.05, 0) is 25.7 Å². The van der Waals surface area contributed by atoms with Crippen LogP contribution in [0.3, 0.4) is 0 Å². The molecule has 2 rings (SSSR count). The van der Waals surface area contributed by atoms with Crippen LogP contribution < -0.4 is 5.73 Å². The number of aliphatic imine (C=N–C) groups is 1. The van der Waals surface area contributed by atoms with Crippen LogP contribution in [0.15, 0.2) is 4.99 Å². The average molecular weight is 263 g/mol. The van der Waals surface area contributed by atoms with Gasteiger partial charge in [-0.1, -0.05) is 19.3 Å². The number of halogens is 3. The van der Waals surface area contributed by atoms with Crippen LogP contribution in [0.5, 0.6) is 0 Å². The minimum atomic E-state index is -4.21. The molecule has 2 N–H and O–H groups in total. The van der Waals surface area contributed by atoms with Gasteiger partial charge in [-0.15, -0.1) is 0 Å². The van der Waals surface area contributed by atoms with Gasteiger partial charge in [0, 0.05) is 6.04 Å². The van der Waals surface area contributed by atoms with E-state index in [1.54, 1.807) is 0 Å². The van der Waals surface area contributed by atoms with Crippen molar-refractivity contribution in [2.75, 3.05) is 6.54 Å². The van der Waals surface area contributed by atoms with Crippen molar-refractivity contribution in [3.8, 4) is 0 Å². The smallest absolute Gasteiger partial charge is 0.370 e. The highest BCUT2D eigenvalue weighted by Crippen LogP contribution is 2.30. The number of hydrogen-bond acceptors (Lipinski definition) is 1. The standard InChI is InChI=1S/C12H20F3N3/c13-12(14,15)8-18(10-6-7-10)11(16)17-9-4-2-1-3-5-9/h9-10H,1-8H2,(H2,16,17). The third-order valence-electron chi connectivity index (χ3n) is 3.52. The predicted octanol–water partition coefficient (Wildman–Crippen LogP) is 2.66. The maximum atomic E-state index is 12.5. The lowest BCUT2D eigenvalue weighted by Gasteiger charge is -2.26. The molecular formula is C12H20F3N3. The molecular weight excluding hydrogens is 243 g/mol. The van der Waals surface area contributed by atoms with E-state index in [0.29, 0.717) is 0 Å². The molecule has 2 aliphatic carbocycles. The lowest BCUT2D eigenvalue weighted by Crippen LogP contribution is -2.45. The molecule has 0 atom stereocenters. The summed E-state index contributed by atoms with van der Waals surface area (Å²) in [5.41, 5.74) is 5.77. The Morgan fingerprint density at radius 1 is 1.11 bits per heavy atom. The first-order chi connectivity index (χ1) is 8.46. The van der Waals surface area contributed by atoms with Gasteiger partial charge in [0.05, 0.1) is 6.04 Å². The van der Waals surface area contributed by atoms with Gasteiger partial charge in [0.25, 0.3) is 0 Å². The van der Waals surface area contributed by atoms with Gasteiger partial charge < -0.3 is 10.6 Å². The van der Waals surface area contributed by atoms with E-state index >= 15 is 0 Å². The van der Waals surface area contributed by atoms with Gasteiger partial charge in [0.2, 0.25) is 0 Å². The number of rotatable bonds is 3. The van der Waals surface area contributed by atoms with Crippen LogP contribution in [-0.4, -0.2) is 35.7 Å². The largest absolute Gasteiger partial charge is 0.406 e. The van der Waals surface area contributed by atoms with E-state index in [0.717, 1.165) is 38.5 Å². The maximum Gasteiger partial charge on any atom is 0.406 e. The summed E-state index contributed by atoms with van der Waals surface area (Å²) in [6.45, 7) is -0.973. The monoisotopic (exact) mass is 263 g/mol. The van der Waals surface area contributed by atoms with Gasteiger partial charge in [0.1, 0.15) is 6.54 Å². The number of nitrogens with zero attached hydrogens (tertiary/aromatic N) is 2. The van der Waals surface area contributed by atoms with E-state index in [9.17, 15) is 13.2 Å². The van der Waals surface area contributed by atoms with Crippen molar-refractivity contribution in [3.63, 3.8) is 0 Å². The van der Waals surface area contributed by atoms with E-state index in [-0.39, 0.29) is 18.0 Å². The fraction of sp³-hybridized carbons (Fsp3) is 0.917. The Kier molecular flexibility index (Phi) is 4.02. The quantitative estimate of drug-likeness (QED) is 0.628. The Labute approximate surface area is 105 Å². The van der Waals surface area contributed by atoms with E-state index in [1.165, 1.54) is 11.3 Å². The van der Waals surface area contributed by atoms with E-state index < -0.39 is 12.7 Å². The minimum Gasteiger partial charge on any atom is -0.370 e. The highest BCUT2D eigenvalue weighted by molar-refractivity contribution is 5.79. The summed E-state index contributed by atoms with van der Waals surface area (Å²) in [5, 5.41) is 0. The van der Waals surface area contributed by atoms with E-state index in [1.807, 2.05) is 0 Å². The summed E-state index contributed by atoms with van der Waals surface area (Å²) in [7, 11) is 0. The van der Waals surface area contributed by atoms with Crippen molar-refractivity contribution in [2.45, 2.75) is 63.2 Å². The average Bonchev–Trinajstić information content (AvgIpc) is 3.10. The summed E-state index contributed by atoms with van der Waals surface area (Å²) < 4.78 is 37.4. The zero-order valence-electron chi connectivity index (χ0n) is 10.4. The lowest BCUT2D eigenvalue weighted by atomic mass is 9.96. The lowest BCUT2D eigenvalue weighted by molar-refractivity contribution is -0.138. The highest BCUT2D eigenvalue weighted by Gasteiger charge is 2.39. The number of hydrogen-bond donors (Lipinski definition) is 1. The Balaban J connectivity index is 1.98. The molecule has 0 saturated heterocycles. The van der Waals surface area contributed by atoms with Crippen LogP contribution in [0.4, 0.5) is 13.2 Å². The summed E-state index contributed by atoms with van der Waals surface area (Å²) in [5.74, 6) is 0.0849. The van der Waals surface area contributed by atoms with Crippen LogP contribution in [0.2, 0.25) is 0 Å². The molecule has 0 heterocycles. The van der Waals surface area contributed by atoms with Crippen molar-refractivity contribution < 1.29 is 13.2 Å². The number of alkyl halides is 3. The molecule has 0 aromatic carbocycles. The third kappa shape index (κ3) is 4.07. The molecule has 0 unspecified atom stereocenters. The van der Waals surface area contributed by atoms with Crippen molar-refractivity contribution in [3.05, 3.63) is 0 Å². The molecule has 0 aromatic heterocycles. The summed E-state index contributed by atoms with van der Waals surface area (Å²) >= 11 is 0. The predicted molar refractivity (Wildman–Crippen MR) is 64.3 cm³/mol. The molecule has 0 spiro atoms. The molecule has 2 aliphatic rings. The van der Waals surface area contributed by atoms with Gasteiger partial charge >= 0.3 is 6.18 Å². The van der Waals surface area contributed by atoms with Gasteiger partial charge in [-0.3, -0.25) is 0 Å². The van der Waals surface area contributed by atoms with Gasteiger partial charge in [-0.2, -0.15) is 13.2 Å². The maximum absolute atomic E-state index is 12.5. The fourth-order valence-corrected chi connectivity index (χ4v) is 2.45. The van der Waals surface area contributed by atoms with Gasteiger partial charge in [0.15, 0.2) is 5.96 Å². The van der Waals surface area contributed by atoms with Crippen molar-refractivity contribution in [1.82, 2.24) is 4.90 Å². The van der Waals surface area contributed by atoms with E-state index in [4.69, 9.17) is 5.73 Å². The summed E-state index contributed by atoms with van der Waals surface area (Å²) in [6, 6.07) is 0.0622. The third-order valence-corrected chi connectivity index (χ3v) is 3.52. The van der Waals surface area contributed by atoms with Crippen LogP contribution in [0.1, 0.15) is 44.9 Å². The molecule has 0 amide bonds. The van der Waals surface area contributed by atoms with Crippen molar-refractivity contribution >= 4 is 5.96 Å². The SMILES string of the molecule is NC(=NC1CCCCC1)N(CC(F)(F)F)C1CC1. The highest BCUT2D eigenvalue weighted by atomic mass is 19.4. The number of guanidine groups is 1.